The minimum Gasteiger partial charge on any atom is -0.443 e. The van der Waals surface area contributed by atoms with Gasteiger partial charge in [-0.3, -0.25) is 4.79 Å². The Morgan fingerprint density at radius 2 is 1.55 bits per heavy atom. The van der Waals surface area contributed by atoms with Crippen LogP contribution in [-0.2, 0) is 26.2 Å². The fourth-order valence-corrected chi connectivity index (χ4v) is 4.13. The maximum atomic E-state index is 12.7. The minimum absolute atomic E-state index is 0.0977. The van der Waals surface area contributed by atoms with Gasteiger partial charge < -0.3 is 4.74 Å². The third-order valence-electron chi connectivity index (χ3n) is 4.54. The van der Waals surface area contributed by atoms with Gasteiger partial charge in [-0.1, -0.05) is 48.5 Å². The zero-order valence-corrected chi connectivity index (χ0v) is 16.9. The smallest absolute Gasteiger partial charge is 0.429 e. The summed E-state index contributed by atoms with van der Waals surface area (Å²) in [4.78, 5) is 25.2. The highest BCUT2D eigenvalue weighted by Gasteiger charge is 2.34. The molecule has 1 aliphatic rings. The molecule has 0 saturated carbocycles. The molecule has 0 atom stereocenters. The first-order chi connectivity index (χ1) is 13.9. The monoisotopic (exact) mass is 417 g/mol. The van der Waals surface area contributed by atoms with Crippen molar-refractivity contribution in [2.45, 2.75) is 17.9 Å². The predicted molar refractivity (Wildman–Crippen MR) is 106 cm³/mol. The van der Waals surface area contributed by atoms with Crippen molar-refractivity contribution in [2.75, 3.05) is 26.7 Å². The molecule has 9 heteroatoms. The molecular weight excluding hydrogens is 394 g/mol. The van der Waals surface area contributed by atoms with Crippen LogP contribution in [0.3, 0.4) is 0 Å². The van der Waals surface area contributed by atoms with E-state index in [-0.39, 0.29) is 18.0 Å². The second-order valence-electron chi connectivity index (χ2n) is 6.61. The second-order valence-corrected chi connectivity index (χ2v) is 8.65. The van der Waals surface area contributed by atoms with Crippen molar-refractivity contribution in [3.05, 3.63) is 66.2 Å². The molecule has 0 unspecified atom stereocenters. The van der Waals surface area contributed by atoms with E-state index in [1.165, 1.54) is 29.2 Å². The van der Waals surface area contributed by atoms with Gasteiger partial charge in [0.2, 0.25) is 10.0 Å². The molecule has 1 fully saturated rings. The van der Waals surface area contributed by atoms with Crippen LogP contribution in [-0.4, -0.2) is 61.4 Å². The van der Waals surface area contributed by atoms with E-state index in [2.05, 4.69) is 0 Å². The molecule has 1 heterocycles. The van der Waals surface area contributed by atoms with Gasteiger partial charge in [-0.15, -0.1) is 0 Å². The van der Waals surface area contributed by atoms with Crippen molar-refractivity contribution in [1.82, 2.24) is 14.3 Å². The SMILES string of the molecule is CN(CC(=O)N1CCCN1C(=O)OCc1ccccc1)S(=O)(=O)c1ccccc1. The van der Waals surface area contributed by atoms with E-state index >= 15 is 0 Å². The largest absolute Gasteiger partial charge is 0.443 e. The molecule has 154 valence electrons. The Morgan fingerprint density at radius 1 is 0.966 bits per heavy atom. The van der Waals surface area contributed by atoms with Crippen molar-refractivity contribution in [1.29, 1.82) is 0 Å². The first-order valence-electron chi connectivity index (χ1n) is 9.19. The lowest BCUT2D eigenvalue weighted by molar-refractivity contribution is -0.141. The molecular formula is C20H23N3O5S. The number of carbonyl (C=O) groups is 2. The number of hydrogen-bond donors (Lipinski definition) is 0. The lowest BCUT2D eigenvalue weighted by atomic mass is 10.2. The summed E-state index contributed by atoms with van der Waals surface area (Å²) in [5, 5.41) is 2.48. The van der Waals surface area contributed by atoms with Gasteiger partial charge in [-0.05, 0) is 24.1 Å². The molecule has 1 aliphatic heterocycles. The zero-order chi connectivity index (χ0) is 20.9. The highest BCUT2D eigenvalue weighted by atomic mass is 32.2. The Morgan fingerprint density at radius 3 is 2.21 bits per heavy atom. The van der Waals surface area contributed by atoms with Gasteiger partial charge in [0.05, 0.1) is 11.4 Å². The summed E-state index contributed by atoms with van der Waals surface area (Å²) in [7, 11) is -2.45. The molecule has 0 aliphatic carbocycles. The van der Waals surface area contributed by atoms with E-state index in [1.807, 2.05) is 30.3 Å². The number of hydrogen-bond acceptors (Lipinski definition) is 5. The maximum absolute atomic E-state index is 12.7. The molecule has 2 aromatic carbocycles. The van der Waals surface area contributed by atoms with E-state index in [0.717, 1.165) is 9.87 Å². The van der Waals surface area contributed by atoms with Crippen LogP contribution in [0.15, 0.2) is 65.6 Å². The van der Waals surface area contributed by atoms with Gasteiger partial charge in [0, 0.05) is 20.1 Å². The fraction of sp³-hybridized carbons (Fsp3) is 0.300. The number of carbonyl (C=O) groups excluding carboxylic acids is 2. The van der Waals surface area contributed by atoms with Gasteiger partial charge in [-0.25, -0.2) is 23.2 Å². The summed E-state index contributed by atoms with van der Waals surface area (Å²) in [5.74, 6) is -0.485. The van der Waals surface area contributed by atoms with Crippen molar-refractivity contribution in [3.8, 4) is 0 Å². The van der Waals surface area contributed by atoms with Gasteiger partial charge in [-0.2, -0.15) is 4.31 Å². The lowest BCUT2D eigenvalue weighted by Gasteiger charge is -2.28. The zero-order valence-electron chi connectivity index (χ0n) is 16.1. The van der Waals surface area contributed by atoms with Crippen LogP contribution in [0.5, 0.6) is 0 Å². The highest BCUT2D eigenvalue weighted by Crippen LogP contribution is 2.17. The van der Waals surface area contributed by atoms with Crippen LogP contribution in [0.2, 0.25) is 0 Å². The molecule has 29 heavy (non-hydrogen) atoms. The average molecular weight is 417 g/mol. The van der Waals surface area contributed by atoms with Crippen LogP contribution >= 0.6 is 0 Å². The van der Waals surface area contributed by atoms with E-state index in [0.29, 0.717) is 19.5 Å². The van der Waals surface area contributed by atoms with Crippen molar-refractivity contribution in [3.63, 3.8) is 0 Å². The molecule has 8 nitrogen and oxygen atoms in total. The number of sulfonamides is 1. The Balaban J connectivity index is 1.61. The number of amides is 2. The van der Waals surface area contributed by atoms with Crippen LogP contribution < -0.4 is 0 Å². The molecule has 1 saturated heterocycles. The number of benzene rings is 2. The summed E-state index contributed by atoms with van der Waals surface area (Å²) >= 11 is 0. The highest BCUT2D eigenvalue weighted by molar-refractivity contribution is 7.89. The Kier molecular flexibility index (Phi) is 6.50. The van der Waals surface area contributed by atoms with Crippen LogP contribution in [0.4, 0.5) is 4.79 Å². The van der Waals surface area contributed by atoms with E-state index in [9.17, 15) is 18.0 Å². The van der Waals surface area contributed by atoms with E-state index < -0.39 is 22.0 Å². The molecule has 0 spiro atoms. The Labute approximate surface area is 170 Å². The number of hydrazine groups is 1. The predicted octanol–water partition coefficient (Wildman–Crippen LogP) is 2.09. The van der Waals surface area contributed by atoms with Gasteiger partial charge in [0.25, 0.3) is 5.91 Å². The molecule has 0 radical (unpaired) electrons. The van der Waals surface area contributed by atoms with Gasteiger partial charge in [0.1, 0.15) is 6.61 Å². The second kappa shape index (κ2) is 9.06. The maximum Gasteiger partial charge on any atom is 0.429 e. The number of likely N-dealkylation sites (N-methyl/N-ethyl adjacent to an activating group) is 1. The summed E-state index contributed by atoms with van der Waals surface area (Å²) in [6.07, 6.45) is -0.0327. The number of nitrogens with zero attached hydrogens (tertiary/aromatic N) is 3. The normalized spacial score (nSPS) is 14.3. The molecule has 2 aromatic rings. The average Bonchev–Trinajstić information content (AvgIpc) is 3.23. The quantitative estimate of drug-likeness (QED) is 0.718. The molecule has 2 amide bonds. The third-order valence-corrected chi connectivity index (χ3v) is 6.36. The van der Waals surface area contributed by atoms with Crippen LogP contribution in [0.25, 0.3) is 0 Å². The Bertz CT molecular complexity index is 951. The van der Waals surface area contributed by atoms with Gasteiger partial charge >= 0.3 is 6.09 Å². The molecule has 3 rings (SSSR count). The van der Waals surface area contributed by atoms with Crippen molar-refractivity contribution >= 4 is 22.0 Å². The number of ether oxygens (including phenoxy) is 1. The number of rotatable bonds is 6. The molecule has 0 N–H and O–H groups in total. The standard InChI is InChI=1S/C20H23N3O5S/c1-21(29(26,27)18-11-6-3-7-12-18)15-19(24)22-13-8-14-23(22)20(25)28-16-17-9-4-2-5-10-17/h2-7,9-12H,8,13-16H2,1H3. The fourth-order valence-electron chi connectivity index (χ4n) is 2.98. The van der Waals surface area contributed by atoms with Gasteiger partial charge in [0.15, 0.2) is 0 Å². The summed E-state index contributed by atoms with van der Waals surface area (Å²) < 4.78 is 31.5. The molecule has 0 bridgehead atoms. The Hall–Kier alpha value is -2.91. The lowest BCUT2D eigenvalue weighted by Crippen LogP contribution is -2.49. The topological polar surface area (TPSA) is 87.2 Å². The first kappa shape index (κ1) is 20.8. The molecule has 0 aromatic heterocycles. The third kappa shape index (κ3) is 4.93. The van der Waals surface area contributed by atoms with Crippen molar-refractivity contribution in [2.24, 2.45) is 0 Å². The van der Waals surface area contributed by atoms with Crippen LogP contribution in [0.1, 0.15) is 12.0 Å². The van der Waals surface area contributed by atoms with Crippen LogP contribution in [0, 0.1) is 0 Å². The summed E-state index contributed by atoms with van der Waals surface area (Å²) in [6, 6.07) is 17.1. The van der Waals surface area contributed by atoms with E-state index in [1.54, 1.807) is 18.2 Å². The summed E-state index contributed by atoms with van der Waals surface area (Å²) in [6.45, 7) is 0.396. The summed E-state index contributed by atoms with van der Waals surface area (Å²) in [5.41, 5.74) is 0.839. The van der Waals surface area contributed by atoms with E-state index in [4.69, 9.17) is 4.74 Å². The first-order valence-corrected chi connectivity index (χ1v) is 10.6. The minimum atomic E-state index is -3.80. The van der Waals surface area contributed by atoms with Crippen molar-refractivity contribution < 1.29 is 22.7 Å².